The Morgan fingerprint density at radius 3 is 2.69 bits per heavy atom. The highest BCUT2D eigenvalue weighted by molar-refractivity contribution is 8.02. The van der Waals surface area contributed by atoms with Gasteiger partial charge in [0.05, 0.1) is 5.70 Å². The second kappa shape index (κ2) is 7.00. The molecule has 1 atom stereocenters. The molecule has 1 aliphatic heterocycles. The van der Waals surface area contributed by atoms with E-state index in [4.69, 9.17) is 0 Å². The molecule has 1 aromatic heterocycles. The second-order valence-electron chi connectivity index (χ2n) is 6.83. The SMILES string of the molecule is Cc1ccc(C)c(C2=CSc3nnc(CC(C)c4ccccc4)n3N2)c1. The molecule has 4 rings (SSSR count). The van der Waals surface area contributed by atoms with Crippen LogP contribution in [-0.2, 0) is 6.42 Å². The Hall–Kier alpha value is -2.53. The van der Waals surface area contributed by atoms with Crippen LogP contribution >= 0.6 is 11.8 Å². The first-order valence-electron chi connectivity index (χ1n) is 8.82. The van der Waals surface area contributed by atoms with Crippen molar-refractivity contribution in [1.82, 2.24) is 14.9 Å². The van der Waals surface area contributed by atoms with Crippen LogP contribution in [0.2, 0.25) is 0 Å². The summed E-state index contributed by atoms with van der Waals surface area (Å²) in [6, 6.07) is 17.1. The van der Waals surface area contributed by atoms with E-state index in [1.165, 1.54) is 22.3 Å². The monoisotopic (exact) mass is 362 g/mol. The van der Waals surface area contributed by atoms with Crippen molar-refractivity contribution in [1.29, 1.82) is 0 Å². The van der Waals surface area contributed by atoms with Crippen LogP contribution in [0.25, 0.3) is 5.70 Å². The van der Waals surface area contributed by atoms with Gasteiger partial charge in [-0.1, -0.05) is 66.7 Å². The van der Waals surface area contributed by atoms with Crippen LogP contribution in [0.4, 0.5) is 0 Å². The minimum absolute atomic E-state index is 0.381. The number of fused-ring (bicyclic) bond motifs is 1. The van der Waals surface area contributed by atoms with Crippen molar-refractivity contribution in [2.24, 2.45) is 0 Å². The number of benzene rings is 2. The summed E-state index contributed by atoms with van der Waals surface area (Å²) in [7, 11) is 0. The lowest BCUT2D eigenvalue weighted by Crippen LogP contribution is -2.21. The molecule has 4 nitrogen and oxygen atoms in total. The number of nitrogens with zero attached hydrogens (tertiary/aromatic N) is 3. The van der Waals surface area contributed by atoms with Crippen LogP contribution in [0.3, 0.4) is 0 Å². The minimum Gasteiger partial charge on any atom is -0.290 e. The predicted molar refractivity (Wildman–Crippen MR) is 108 cm³/mol. The average molecular weight is 363 g/mol. The lowest BCUT2D eigenvalue weighted by Gasteiger charge is -2.21. The van der Waals surface area contributed by atoms with Crippen LogP contribution in [0, 0.1) is 13.8 Å². The normalized spacial score (nSPS) is 14.3. The van der Waals surface area contributed by atoms with Gasteiger partial charge < -0.3 is 0 Å². The van der Waals surface area contributed by atoms with Gasteiger partial charge in [0.2, 0.25) is 5.16 Å². The summed E-state index contributed by atoms with van der Waals surface area (Å²) in [5.41, 5.74) is 9.66. The Kier molecular flexibility index (Phi) is 4.55. The van der Waals surface area contributed by atoms with Crippen molar-refractivity contribution in [3.05, 3.63) is 82.0 Å². The first kappa shape index (κ1) is 16.9. The quantitative estimate of drug-likeness (QED) is 0.718. The Bertz CT molecular complexity index is 959. The van der Waals surface area contributed by atoms with Gasteiger partial charge in [0.1, 0.15) is 0 Å². The molecule has 1 aliphatic rings. The van der Waals surface area contributed by atoms with Crippen LogP contribution in [0.15, 0.2) is 59.1 Å². The highest BCUT2D eigenvalue weighted by Crippen LogP contribution is 2.31. The summed E-state index contributed by atoms with van der Waals surface area (Å²) < 4.78 is 2.03. The highest BCUT2D eigenvalue weighted by Gasteiger charge is 2.21. The molecule has 0 saturated heterocycles. The van der Waals surface area contributed by atoms with Gasteiger partial charge in [-0.25, -0.2) is 4.68 Å². The number of nitrogens with one attached hydrogen (secondary N) is 1. The molecule has 132 valence electrons. The zero-order valence-corrected chi connectivity index (χ0v) is 16.0. The fraction of sp³-hybridized carbons (Fsp3) is 0.238. The third-order valence-corrected chi connectivity index (χ3v) is 5.58. The first-order chi connectivity index (χ1) is 12.6. The van der Waals surface area contributed by atoms with E-state index in [9.17, 15) is 0 Å². The van der Waals surface area contributed by atoms with Crippen molar-refractivity contribution in [2.45, 2.75) is 38.3 Å². The van der Waals surface area contributed by atoms with E-state index < -0.39 is 0 Å². The smallest absolute Gasteiger partial charge is 0.214 e. The summed E-state index contributed by atoms with van der Waals surface area (Å²) in [4.78, 5) is 0. The maximum absolute atomic E-state index is 4.43. The maximum Gasteiger partial charge on any atom is 0.214 e. The molecule has 1 N–H and O–H groups in total. The van der Waals surface area contributed by atoms with Crippen molar-refractivity contribution in [3.63, 3.8) is 0 Å². The molecule has 0 saturated carbocycles. The molecule has 0 amide bonds. The van der Waals surface area contributed by atoms with E-state index in [-0.39, 0.29) is 0 Å². The molecule has 0 aliphatic carbocycles. The van der Waals surface area contributed by atoms with E-state index in [0.717, 1.165) is 23.1 Å². The molecule has 2 aromatic carbocycles. The van der Waals surface area contributed by atoms with Gasteiger partial charge in [0.25, 0.3) is 0 Å². The molecule has 0 bridgehead atoms. The highest BCUT2D eigenvalue weighted by atomic mass is 32.2. The van der Waals surface area contributed by atoms with E-state index in [1.807, 2.05) is 4.68 Å². The molecule has 1 unspecified atom stereocenters. The van der Waals surface area contributed by atoms with Gasteiger partial charge in [0, 0.05) is 17.4 Å². The fourth-order valence-corrected chi connectivity index (χ4v) is 3.95. The Balaban J connectivity index is 1.59. The maximum atomic E-state index is 4.43. The Labute approximate surface area is 158 Å². The number of aromatic nitrogens is 3. The standard InChI is InChI=1S/C21H22N4S/c1-14-9-10-15(2)18(11-14)19-13-26-21-23-22-20(25(21)24-19)12-16(3)17-7-5-4-6-8-17/h4-11,13,16,24H,12H2,1-3H3. The van der Waals surface area contributed by atoms with Crippen LogP contribution < -0.4 is 5.43 Å². The molecule has 3 aromatic rings. The Morgan fingerprint density at radius 1 is 1.08 bits per heavy atom. The van der Waals surface area contributed by atoms with Gasteiger partial charge in [-0.05, 0) is 37.0 Å². The summed E-state index contributed by atoms with van der Waals surface area (Å²) in [6.07, 6.45) is 0.838. The van der Waals surface area contributed by atoms with Crippen molar-refractivity contribution in [3.8, 4) is 0 Å². The topological polar surface area (TPSA) is 42.7 Å². The number of hydrogen-bond acceptors (Lipinski definition) is 4. The zero-order valence-electron chi connectivity index (χ0n) is 15.2. The molecular weight excluding hydrogens is 340 g/mol. The van der Waals surface area contributed by atoms with Crippen LogP contribution in [0.1, 0.15) is 40.9 Å². The van der Waals surface area contributed by atoms with Crippen LogP contribution in [0.5, 0.6) is 0 Å². The predicted octanol–water partition coefficient (Wildman–Crippen LogP) is 4.89. The lowest BCUT2D eigenvalue weighted by molar-refractivity contribution is 0.677. The number of aryl methyl sites for hydroxylation is 2. The third-order valence-electron chi connectivity index (χ3n) is 4.76. The second-order valence-corrected chi connectivity index (χ2v) is 7.67. The number of thioether (sulfide) groups is 1. The number of rotatable bonds is 4. The van der Waals surface area contributed by atoms with Gasteiger partial charge in [-0.3, -0.25) is 5.43 Å². The first-order valence-corrected chi connectivity index (χ1v) is 9.70. The minimum atomic E-state index is 0.381. The Morgan fingerprint density at radius 2 is 1.88 bits per heavy atom. The summed E-state index contributed by atoms with van der Waals surface area (Å²) >= 11 is 1.61. The van der Waals surface area contributed by atoms with Gasteiger partial charge in [-0.15, -0.1) is 10.2 Å². The molecular formula is C21H22N4S. The third kappa shape index (κ3) is 3.27. The molecule has 0 spiro atoms. The van der Waals surface area contributed by atoms with E-state index in [0.29, 0.717) is 5.92 Å². The molecule has 2 heterocycles. The number of hydrogen-bond donors (Lipinski definition) is 1. The summed E-state index contributed by atoms with van der Waals surface area (Å²) in [6.45, 7) is 6.49. The zero-order chi connectivity index (χ0) is 18.1. The van der Waals surface area contributed by atoms with E-state index >= 15 is 0 Å². The molecule has 0 fully saturated rings. The van der Waals surface area contributed by atoms with E-state index in [1.54, 1.807) is 11.8 Å². The van der Waals surface area contributed by atoms with Crippen molar-refractivity contribution >= 4 is 17.5 Å². The molecule has 26 heavy (non-hydrogen) atoms. The van der Waals surface area contributed by atoms with Gasteiger partial charge >= 0.3 is 0 Å². The average Bonchev–Trinajstić information content (AvgIpc) is 3.06. The molecule has 5 heteroatoms. The van der Waals surface area contributed by atoms with Crippen LogP contribution in [-0.4, -0.2) is 14.9 Å². The van der Waals surface area contributed by atoms with Gasteiger partial charge in [-0.2, -0.15) is 0 Å². The van der Waals surface area contributed by atoms with Gasteiger partial charge in [0.15, 0.2) is 5.82 Å². The lowest BCUT2D eigenvalue weighted by atomic mass is 9.98. The summed E-state index contributed by atoms with van der Waals surface area (Å²) in [5.74, 6) is 1.34. The van der Waals surface area contributed by atoms with Crippen molar-refractivity contribution in [2.75, 3.05) is 5.43 Å². The largest absolute Gasteiger partial charge is 0.290 e. The van der Waals surface area contributed by atoms with E-state index in [2.05, 4.69) is 90.3 Å². The fourth-order valence-electron chi connectivity index (χ4n) is 3.20. The summed E-state index contributed by atoms with van der Waals surface area (Å²) in [5, 5.41) is 11.8. The molecule has 0 radical (unpaired) electrons. The van der Waals surface area contributed by atoms with Crippen molar-refractivity contribution < 1.29 is 0 Å².